The summed E-state index contributed by atoms with van der Waals surface area (Å²) in [6, 6.07) is 13.5. The minimum atomic E-state index is -0.313. The topological polar surface area (TPSA) is 66.5 Å². The van der Waals surface area contributed by atoms with Crippen molar-refractivity contribution in [3.63, 3.8) is 0 Å². The van der Waals surface area contributed by atoms with Crippen LogP contribution in [-0.4, -0.2) is 29.2 Å². The van der Waals surface area contributed by atoms with E-state index >= 15 is 0 Å². The lowest BCUT2D eigenvalue weighted by Gasteiger charge is -2.27. The highest BCUT2D eigenvalue weighted by molar-refractivity contribution is 6.09. The number of nitrogens with one attached hydrogen (secondary N) is 1. The molecule has 0 saturated carbocycles. The van der Waals surface area contributed by atoms with Crippen molar-refractivity contribution in [2.75, 3.05) is 6.54 Å². The summed E-state index contributed by atoms with van der Waals surface area (Å²) in [5.41, 5.74) is 5.20. The first-order chi connectivity index (χ1) is 14.0. The molecule has 0 spiro atoms. The number of hydrogen-bond acceptors (Lipinski definition) is 3. The molecular weight excluding hydrogens is 364 g/mol. The molecule has 0 saturated heterocycles. The van der Waals surface area contributed by atoms with Gasteiger partial charge in [0.25, 0.3) is 5.91 Å². The fraction of sp³-hybridized carbons (Fsp3) is 0.375. The molecule has 0 unspecified atom stereocenters. The van der Waals surface area contributed by atoms with Crippen molar-refractivity contribution in [1.29, 1.82) is 0 Å². The van der Waals surface area contributed by atoms with Crippen LogP contribution in [0.1, 0.15) is 64.8 Å². The van der Waals surface area contributed by atoms with Crippen LogP contribution in [0.4, 0.5) is 0 Å². The zero-order valence-corrected chi connectivity index (χ0v) is 16.7. The van der Waals surface area contributed by atoms with Crippen LogP contribution in [0, 0.1) is 0 Å². The minimum Gasteiger partial charge on any atom is -0.350 e. The number of carbonyl (C=O) groups is 3. The standard InChI is InChI=1S/C24H26N2O3/c1-16(18-11-10-17-6-2-3-7-19(17)14-18)25-22(27)12-13-26-23(28)15-20-8-4-5-9-21(20)24(26)29/h4-5,8-11,14,16H,2-3,6-7,12-13,15H2,1H3,(H,25,27)/t16-/m1/s1. The highest BCUT2D eigenvalue weighted by Crippen LogP contribution is 2.25. The third kappa shape index (κ3) is 4.09. The molecule has 1 aliphatic heterocycles. The van der Waals surface area contributed by atoms with Crippen molar-refractivity contribution in [3.8, 4) is 0 Å². The van der Waals surface area contributed by atoms with Crippen LogP contribution >= 0.6 is 0 Å². The lowest BCUT2D eigenvalue weighted by Crippen LogP contribution is -2.44. The zero-order chi connectivity index (χ0) is 20.4. The Morgan fingerprint density at radius 1 is 1.03 bits per heavy atom. The van der Waals surface area contributed by atoms with Gasteiger partial charge in [-0.05, 0) is 60.9 Å². The van der Waals surface area contributed by atoms with Gasteiger partial charge in [-0.25, -0.2) is 0 Å². The van der Waals surface area contributed by atoms with Crippen LogP contribution < -0.4 is 5.32 Å². The molecule has 29 heavy (non-hydrogen) atoms. The van der Waals surface area contributed by atoms with E-state index in [1.807, 2.05) is 13.0 Å². The molecule has 0 fully saturated rings. The summed E-state index contributed by atoms with van der Waals surface area (Å²) >= 11 is 0. The number of nitrogens with zero attached hydrogens (tertiary/aromatic N) is 1. The fourth-order valence-corrected chi connectivity index (χ4v) is 4.26. The molecule has 0 aromatic heterocycles. The third-order valence-corrected chi connectivity index (χ3v) is 5.95. The number of rotatable bonds is 5. The van der Waals surface area contributed by atoms with E-state index in [9.17, 15) is 14.4 Å². The van der Waals surface area contributed by atoms with Gasteiger partial charge in [0.05, 0.1) is 12.5 Å². The summed E-state index contributed by atoms with van der Waals surface area (Å²) in [6.07, 6.45) is 5.02. The van der Waals surface area contributed by atoms with Gasteiger partial charge in [-0.3, -0.25) is 19.3 Å². The van der Waals surface area contributed by atoms with Gasteiger partial charge in [0.15, 0.2) is 0 Å². The minimum absolute atomic E-state index is 0.106. The molecule has 5 nitrogen and oxygen atoms in total. The van der Waals surface area contributed by atoms with Crippen LogP contribution in [0.3, 0.4) is 0 Å². The van der Waals surface area contributed by atoms with E-state index in [-0.39, 0.29) is 43.1 Å². The van der Waals surface area contributed by atoms with E-state index < -0.39 is 0 Å². The average Bonchev–Trinajstić information content (AvgIpc) is 2.73. The van der Waals surface area contributed by atoms with E-state index in [1.165, 1.54) is 28.9 Å². The van der Waals surface area contributed by atoms with Gasteiger partial charge in [0.2, 0.25) is 11.8 Å². The number of carbonyl (C=O) groups excluding carboxylic acids is 3. The van der Waals surface area contributed by atoms with Crippen LogP contribution in [0.5, 0.6) is 0 Å². The molecule has 2 aliphatic rings. The molecule has 1 N–H and O–H groups in total. The van der Waals surface area contributed by atoms with Crippen molar-refractivity contribution in [3.05, 3.63) is 70.3 Å². The van der Waals surface area contributed by atoms with E-state index in [1.54, 1.807) is 18.2 Å². The lowest BCUT2D eigenvalue weighted by molar-refractivity contribution is -0.129. The van der Waals surface area contributed by atoms with Crippen molar-refractivity contribution >= 4 is 17.7 Å². The lowest BCUT2D eigenvalue weighted by atomic mass is 9.89. The molecule has 4 rings (SSSR count). The molecule has 150 valence electrons. The SMILES string of the molecule is C[C@@H](NC(=O)CCN1C(=O)Cc2ccccc2C1=O)c1ccc2c(c1)CCCC2. The van der Waals surface area contributed by atoms with Crippen molar-refractivity contribution in [1.82, 2.24) is 10.2 Å². The summed E-state index contributed by atoms with van der Waals surface area (Å²) in [5, 5.41) is 3.00. The van der Waals surface area contributed by atoms with Gasteiger partial charge < -0.3 is 5.32 Å². The maximum atomic E-state index is 12.6. The van der Waals surface area contributed by atoms with Gasteiger partial charge in [-0.1, -0.05) is 36.4 Å². The second kappa shape index (κ2) is 8.19. The van der Waals surface area contributed by atoms with Crippen LogP contribution in [0.2, 0.25) is 0 Å². The average molecular weight is 390 g/mol. The monoisotopic (exact) mass is 390 g/mol. The summed E-state index contributed by atoms with van der Waals surface area (Å²) in [7, 11) is 0. The Morgan fingerprint density at radius 3 is 2.62 bits per heavy atom. The molecule has 3 amide bonds. The predicted octanol–water partition coefficient (Wildman–Crippen LogP) is 3.36. The number of fused-ring (bicyclic) bond motifs is 2. The highest BCUT2D eigenvalue weighted by atomic mass is 16.2. The Kier molecular flexibility index (Phi) is 5.47. The molecule has 1 aliphatic carbocycles. The quantitative estimate of drug-likeness (QED) is 0.796. The molecule has 0 bridgehead atoms. The first-order valence-electron chi connectivity index (χ1n) is 10.4. The Morgan fingerprint density at radius 2 is 1.79 bits per heavy atom. The van der Waals surface area contributed by atoms with Gasteiger partial charge >= 0.3 is 0 Å². The number of benzene rings is 2. The van der Waals surface area contributed by atoms with Gasteiger partial charge in [0, 0.05) is 18.5 Å². The molecule has 5 heteroatoms. The number of amides is 3. The molecule has 1 atom stereocenters. The number of imide groups is 1. The summed E-state index contributed by atoms with van der Waals surface area (Å²) in [5.74, 6) is -0.716. The van der Waals surface area contributed by atoms with Gasteiger partial charge in [-0.2, -0.15) is 0 Å². The second-order valence-electron chi connectivity index (χ2n) is 7.96. The largest absolute Gasteiger partial charge is 0.350 e. The maximum Gasteiger partial charge on any atom is 0.260 e. The number of aryl methyl sites for hydroxylation is 2. The Labute approximate surface area is 171 Å². The van der Waals surface area contributed by atoms with Crippen molar-refractivity contribution < 1.29 is 14.4 Å². The zero-order valence-electron chi connectivity index (χ0n) is 16.7. The van der Waals surface area contributed by atoms with Gasteiger partial charge in [-0.15, -0.1) is 0 Å². The summed E-state index contributed by atoms with van der Waals surface area (Å²) < 4.78 is 0. The first kappa shape index (κ1) is 19.4. The van der Waals surface area contributed by atoms with Crippen molar-refractivity contribution in [2.24, 2.45) is 0 Å². The molecule has 2 aromatic carbocycles. The smallest absolute Gasteiger partial charge is 0.260 e. The number of hydrogen-bond donors (Lipinski definition) is 1. The van der Waals surface area contributed by atoms with E-state index in [4.69, 9.17) is 0 Å². The Balaban J connectivity index is 1.35. The third-order valence-electron chi connectivity index (χ3n) is 5.95. The summed E-state index contributed by atoms with van der Waals surface area (Å²) in [6.45, 7) is 2.07. The van der Waals surface area contributed by atoms with E-state index in [2.05, 4.69) is 23.5 Å². The van der Waals surface area contributed by atoms with Crippen molar-refractivity contribution in [2.45, 2.75) is 51.5 Å². The van der Waals surface area contributed by atoms with E-state index in [0.29, 0.717) is 5.56 Å². The van der Waals surface area contributed by atoms with Crippen LogP contribution in [-0.2, 0) is 28.9 Å². The normalized spacial score (nSPS) is 16.8. The predicted molar refractivity (Wildman–Crippen MR) is 110 cm³/mol. The highest BCUT2D eigenvalue weighted by Gasteiger charge is 2.30. The van der Waals surface area contributed by atoms with E-state index in [0.717, 1.165) is 24.0 Å². The van der Waals surface area contributed by atoms with Crippen LogP contribution in [0.25, 0.3) is 0 Å². The molecule has 2 aromatic rings. The summed E-state index contributed by atoms with van der Waals surface area (Å²) in [4.78, 5) is 38.6. The molecule has 0 radical (unpaired) electrons. The maximum absolute atomic E-state index is 12.6. The molecule has 1 heterocycles. The Hall–Kier alpha value is -2.95. The van der Waals surface area contributed by atoms with Crippen LogP contribution in [0.15, 0.2) is 42.5 Å². The fourth-order valence-electron chi connectivity index (χ4n) is 4.26. The van der Waals surface area contributed by atoms with Gasteiger partial charge in [0.1, 0.15) is 0 Å². The Bertz CT molecular complexity index is 966. The second-order valence-corrected chi connectivity index (χ2v) is 7.96. The first-order valence-corrected chi connectivity index (χ1v) is 10.4. The molecular formula is C24H26N2O3.